The number of rotatable bonds is 2. The lowest BCUT2D eigenvalue weighted by Crippen LogP contribution is -2.50. The Balaban J connectivity index is 1.71. The van der Waals surface area contributed by atoms with Crippen LogP contribution >= 0.6 is 0 Å². The Hall–Kier alpha value is -0.0800. The Morgan fingerprint density at radius 2 is 1.85 bits per heavy atom. The molecule has 2 nitrogen and oxygen atoms in total. The van der Waals surface area contributed by atoms with Gasteiger partial charge >= 0.3 is 0 Å². The minimum absolute atomic E-state index is 0.665. The molecule has 1 heterocycles. The van der Waals surface area contributed by atoms with Crippen LogP contribution < -0.4 is 5.32 Å². The van der Waals surface area contributed by atoms with Crippen LogP contribution in [0.5, 0.6) is 0 Å². The third kappa shape index (κ3) is 2.68. The Morgan fingerprint density at radius 3 is 2.54 bits per heavy atom. The molecular formula is C11H21NO. The van der Waals surface area contributed by atoms with Gasteiger partial charge in [-0.25, -0.2) is 0 Å². The maximum absolute atomic E-state index is 5.17. The highest BCUT2D eigenvalue weighted by Crippen LogP contribution is 2.23. The molecule has 0 bridgehead atoms. The van der Waals surface area contributed by atoms with E-state index in [0.717, 1.165) is 25.2 Å². The fourth-order valence-electron chi connectivity index (χ4n) is 2.32. The second kappa shape index (κ2) is 4.43. The maximum atomic E-state index is 5.17. The Kier molecular flexibility index (Phi) is 3.23. The van der Waals surface area contributed by atoms with Crippen LogP contribution in [0, 0.1) is 5.92 Å². The summed E-state index contributed by atoms with van der Waals surface area (Å²) in [5, 5.41) is 3.69. The standard InChI is InChI=1S/C11H21NO/c1-9-3-2-4-10(6-5-9)12-11-7-13-8-11/h9-12H,2-8H2,1H3. The molecule has 0 aromatic rings. The molecule has 1 aliphatic heterocycles. The molecule has 1 N–H and O–H groups in total. The van der Waals surface area contributed by atoms with Gasteiger partial charge in [-0.2, -0.15) is 0 Å². The van der Waals surface area contributed by atoms with Crippen molar-refractivity contribution in [3.8, 4) is 0 Å². The average Bonchev–Trinajstić information content (AvgIpc) is 2.23. The van der Waals surface area contributed by atoms with Crippen LogP contribution in [0.25, 0.3) is 0 Å². The van der Waals surface area contributed by atoms with Crippen molar-refractivity contribution >= 4 is 0 Å². The smallest absolute Gasteiger partial charge is 0.0643 e. The van der Waals surface area contributed by atoms with E-state index in [1.807, 2.05) is 0 Å². The first-order valence-electron chi connectivity index (χ1n) is 5.68. The average molecular weight is 183 g/mol. The van der Waals surface area contributed by atoms with E-state index in [1.54, 1.807) is 0 Å². The van der Waals surface area contributed by atoms with Crippen molar-refractivity contribution in [2.75, 3.05) is 13.2 Å². The first-order chi connectivity index (χ1) is 6.34. The zero-order valence-electron chi connectivity index (χ0n) is 8.59. The lowest BCUT2D eigenvalue weighted by Gasteiger charge is -2.31. The first-order valence-corrected chi connectivity index (χ1v) is 5.68. The number of hydrogen-bond donors (Lipinski definition) is 1. The molecule has 2 heteroatoms. The minimum atomic E-state index is 0.665. The zero-order valence-corrected chi connectivity index (χ0v) is 8.59. The van der Waals surface area contributed by atoms with Crippen LogP contribution in [0.2, 0.25) is 0 Å². The second-order valence-corrected chi connectivity index (χ2v) is 4.71. The minimum Gasteiger partial charge on any atom is -0.378 e. The van der Waals surface area contributed by atoms with Crippen LogP contribution in [0.1, 0.15) is 39.0 Å². The van der Waals surface area contributed by atoms with Crippen molar-refractivity contribution < 1.29 is 4.74 Å². The lowest BCUT2D eigenvalue weighted by molar-refractivity contribution is -0.0107. The van der Waals surface area contributed by atoms with Crippen molar-refractivity contribution in [2.45, 2.75) is 51.1 Å². The van der Waals surface area contributed by atoms with Gasteiger partial charge in [-0.3, -0.25) is 0 Å². The van der Waals surface area contributed by atoms with Gasteiger partial charge in [0.1, 0.15) is 0 Å². The zero-order chi connectivity index (χ0) is 9.10. The topological polar surface area (TPSA) is 21.3 Å². The Labute approximate surface area is 81.0 Å². The quantitative estimate of drug-likeness (QED) is 0.661. The van der Waals surface area contributed by atoms with E-state index in [0.29, 0.717) is 6.04 Å². The number of hydrogen-bond acceptors (Lipinski definition) is 2. The predicted molar refractivity (Wildman–Crippen MR) is 53.8 cm³/mol. The molecule has 2 atom stereocenters. The van der Waals surface area contributed by atoms with Gasteiger partial charge in [0.2, 0.25) is 0 Å². The summed E-state index contributed by atoms with van der Waals surface area (Å²) < 4.78 is 5.17. The lowest BCUT2D eigenvalue weighted by atomic mass is 10.0. The summed E-state index contributed by atoms with van der Waals surface area (Å²) in [5.74, 6) is 0.949. The highest BCUT2D eigenvalue weighted by Gasteiger charge is 2.23. The molecule has 76 valence electrons. The molecule has 1 aliphatic carbocycles. The molecule has 0 aromatic heterocycles. The largest absolute Gasteiger partial charge is 0.378 e. The van der Waals surface area contributed by atoms with Crippen molar-refractivity contribution in [1.82, 2.24) is 5.32 Å². The monoisotopic (exact) mass is 183 g/mol. The molecule has 2 unspecified atom stereocenters. The number of ether oxygens (including phenoxy) is 1. The molecule has 2 aliphatic rings. The van der Waals surface area contributed by atoms with Gasteiger partial charge < -0.3 is 10.1 Å². The third-order valence-corrected chi connectivity index (χ3v) is 3.37. The molecule has 0 radical (unpaired) electrons. The summed E-state index contributed by atoms with van der Waals surface area (Å²) in [5.41, 5.74) is 0. The van der Waals surface area contributed by atoms with Crippen LogP contribution in [0.3, 0.4) is 0 Å². The highest BCUT2D eigenvalue weighted by atomic mass is 16.5. The van der Waals surface area contributed by atoms with Crippen LogP contribution in [-0.4, -0.2) is 25.3 Å². The fraction of sp³-hybridized carbons (Fsp3) is 1.00. The Bertz CT molecular complexity index is 156. The highest BCUT2D eigenvalue weighted by molar-refractivity contribution is 4.80. The summed E-state index contributed by atoms with van der Waals surface area (Å²) >= 11 is 0. The molecule has 0 spiro atoms. The van der Waals surface area contributed by atoms with Crippen LogP contribution in [0.15, 0.2) is 0 Å². The van der Waals surface area contributed by atoms with Gasteiger partial charge in [0.15, 0.2) is 0 Å². The summed E-state index contributed by atoms with van der Waals surface area (Å²) in [4.78, 5) is 0. The van der Waals surface area contributed by atoms with Gasteiger partial charge in [-0.1, -0.05) is 19.8 Å². The van der Waals surface area contributed by atoms with Gasteiger partial charge in [0.25, 0.3) is 0 Å². The maximum Gasteiger partial charge on any atom is 0.0643 e. The van der Waals surface area contributed by atoms with Crippen molar-refractivity contribution in [3.63, 3.8) is 0 Å². The normalized spacial score (nSPS) is 36.7. The molecule has 0 aromatic carbocycles. The van der Waals surface area contributed by atoms with Gasteiger partial charge in [-0.05, 0) is 25.2 Å². The fourth-order valence-corrected chi connectivity index (χ4v) is 2.32. The molecular weight excluding hydrogens is 162 g/mol. The van der Waals surface area contributed by atoms with Gasteiger partial charge in [0.05, 0.1) is 19.3 Å². The van der Waals surface area contributed by atoms with Gasteiger partial charge in [-0.15, -0.1) is 0 Å². The molecule has 0 amide bonds. The van der Waals surface area contributed by atoms with Crippen molar-refractivity contribution in [2.24, 2.45) is 5.92 Å². The van der Waals surface area contributed by atoms with E-state index in [4.69, 9.17) is 4.74 Å². The Morgan fingerprint density at radius 1 is 1.00 bits per heavy atom. The molecule has 1 saturated heterocycles. The number of nitrogens with one attached hydrogen (secondary N) is 1. The van der Waals surface area contributed by atoms with E-state index in [1.165, 1.54) is 32.1 Å². The SMILES string of the molecule is CC1CCCC(NC2COC2)CC1. The van der Waals surface area contributed by atoms with E-state index in [2.05, 4.69) is 12.2 Å². The van der Waals surface area contributed by atoms with Crippen LogP contribution in [-0.2, 0) is 4.74 Å². The van der Waals surface area contributed by atoms with Crippen molar-refractivity contribution in [1.29, 1.82) is 0 Å². The van der Waals surface area contributed by atoms with E-state index in [9.17, 15) is 0 Å². The summed E-state index contributed by atoms with van der Waals surface area (Å²) in [7, 11) is 0. The van der Waals surface area contributed by atoms with Crippen LogP contribution in [0.4, 0.5) is 0 Å². The predicted octanol–water partition coefficient (Wildman–Crippen LogP) is 1.94. The summed E-state index contributed by atoms with van der Waals surface area (Å²) in [6, 6.07) is 1.44. The molecule has 13 heavy (non-hydrogen) atoms. The molecule has 2 fully saturated rings. The van der Waals surface area contributed by atoms with E-state index < -0.39 is 0 Å². The van der Waals surface area contributed by atoms with E-state index in [-0.39, 0.29) is 0 Å². The first kappa shape index (κ1) is 9.47. The van der Waals surface area contributed by atoms with Gasteiger partial charge in [0, 0.05) is 6.04 Å². The third-order valence-electron chi connectivity index (χ3n) is 3.37. The second-order valence-electron chi connectivity index (χ2n) is 4.71. The van der Waals surface area contributed by atoms with Crippen molar-refractivity contribution in [3.05, 3.63) is 0 Å². The molecule has 2 rings (SSSR count). The summed E-state index contributed by atoms with van der Waals surface area (Å²) in [6.07, 6.45) is 7.00. The molecule has 1 saturated carbocycles. The van der Waals surface area contributed by atoms with E-state index >= 15 is 0 Å². The summed E-state index contributed by atoms with van der Waals surface area (Å²) in [6.45, 7) is 4.26.